The quantitative estimate of drug-likeness (QED) is 0.747. The van der Waals surface area contributed by atoms with Crippen LogP contribution >= 0.6 is 11.8 Å². The van der Waals surface area contributed by atoms with Gasteiger partial charge in [-0.15, -0.1) is 0 Å². The van der Waals surface area contributed by atoms with Crippen LogP contribution in [-0.2, 0) is 0 Å². The molecule has 18 heavy (non-hydrogen) atoms. The van der Waals surface area contributed by atoms with Crippen molar-refractivity contribution in [3.05, 3.63) is 0 Å². The highest BCUT2D eigenvalue weighted by atomic mass is 32.2. The Labute approximate surface area is 109 Å². The average molecular weight is 277 g/mol. The van der Waals surface area contributed by atoms with Gasteiger partial charge in [-0.1, -0.05) is 6.92 Å². The predicted molar refractivity (Wildman–Crippen MR) is 69.2 cm³/mol. The van der Waals surface area contributed by atoms with Crippen molar-refractivity contribution < 1.29 is 8.78 Å². The summed E-state index contributed by atoms with van der Waals surface area (Å²) in [4.78, 5) is 12.0. The summed E-state index contributed by atoms with van der Waals surface area (Å²) in [7, 11) is 0. The zero-order valence-electron chi connectivity index (χ0n) is 10.6. The van der Waals surface area contributed by atoms with E-state index in [1.807, 2.05) is 20.8 Å². The molecule has 0 amide bonds. The molecule has 102 valence electrons. The molecule has 1 heterocycles. The van der Waals surface area contributed by atoms with Crippen molar-refractivity contribution >= 4 is 23.7 Å². The number of alkyl halides is 2. The normalized spacial score (nSPS) is 11.1. The summed E-state index contributed by atoms with van der Waals surface area (Å²) in [5.41, 5.74) is 0. The van der Waals surface area contributed by atoms with E-state index in [9.17, 15) is 8.78 Å². The van der Waals surface area contributed by atoms with Gasteiger partial charge in [0, 0.05) is 12.6 Å². The number of hydrogen-bond acceptors (Lipinski definition) is 6. The lowest BCUT2D eigenvalue weighted by Crippen LogP contribution is -2.15. The number of thioether (sulfide) groups is 1. The molecule has 0 radical (unpaired) electrons. The molecule has 0 fully saturated rings. The van der Waals surface area contributed by atoms with Crippen molar-refractivity contribution in [2.45, 2.75) is 44.1 Å². The van der Waals surface area contributed by atoms with Crippen LogP contribution in [0.4, 0.5) is 20.7 Å². The van der Waals surface area contributed by atoms with Crippen molar-refractivity contribution in [3.63, 3.8) is 0 Å². The fourth-order valence-electron chi connectivity index (χ4n) is 1.13. The van der Waals surface area contributed by atoms with E-state index >= 15 is 0 Å². The fourth-order valence-corrected chi connectivity index (χ4v) is 1.57. The van der Waals surface area contributed by atoms with Crippen molar-refractivity contribution in [1.82, 2.24) is 15.0 Å². The van der Waals surface area contributed by atoms with Crippen LogP contribution in [-0.4, -0.2) is 33.3 Å². The van der Waals surface area contributed by atoms with Gasteiger partial charge in [-0.05, 0) is 32.0 Å². The van der Waals surface area contributed by atoms with Gasteiger partial charge in [0.15, 0.2) is 5.16 Å². The van der Waals surface area contributed by atoms with Crippen molar-refractivity contribution in [1.29, 1.82) is 0 Å². The smallest absolute Gasteiger partial charge is 0.291 e. The predicted octanol–water partition coefficient (Wildman–Crippen LogP) is 2.83. The Morgan fingerprint density at radius 3 is 2.39 bits per heavy atom. The van der Waals surface area contributed by atoms with E-state index in [2.05, 4.69) is 25.6 Å². The monoisotopic (exact) mass is 277 g/mol. The lowest BCUT2D eigenvalue weighted by Gasteiger charge is -2.11. The number of nitrogens with zero attached hydrogens (tertiary/aromatic N) is 3. The molecular formula is C10H17F2N5S. The van der Waals surface area contributed by atoms with Crippen LogP contribution in [0.3, 0.4) is 0 Å². The topological polar surface area (TPSA) is 62.7 Å². The van der Waals surface area contributed by atoms with Crippen LogP contribution in [0.2, 0.25) is 0 Å². The Bertz CT molecular complexity index is 347. The minimum atomic E-state index is -2.54. The number of anilines is 2. The van der Waals surface area contributed by atoms with E-state index in [1.165, 1.54) is 0 Å². The largest absolute Gasteiger partial charge is 0.354 e. The molecule has 1 aromatic rings. The maximum Gasteiger partial charge on any atom is 0.291 e. The maximum absolute atomic E-state index is 12.3. The summed E-state index contributed by atoms with van der Waals surface area (Å²) in [6, 6.07) is 0.121. The Morgan fingerprint density at radius 1 is 1.17 bits per heavy atom. The van der Waals surface area contributed by atoms with E-state index in [0.29, 0.717) is 30.2 Å². The molecule has 0 bridgehead atoms. The summed E-state index contributed by atoms with van der Waals surface area (Å²) in [5, 5.41) is 5.95. The summed E-state index contributed by atoms with van der Waals surface area (Å²) in [6.45, 7) is 6.52. The molecule has 0 saturated heterocycles. The molecule has 0 aliphatic carbocycles. The van der Waals surface area contributed by atoms with Gasteiger partial charge >= 0.3 is 0 Å². The third kappa shape index (κ3) is 5.44. The minimum absolute atomic E-state index is 0.0155. The number of aromatic nitrogens is 3. The van der Waals surface area contributed by atoms with Gasteiger partial charge in [-0.2, -0.15) is 23.7 Å². The van der Waals surface area contributed by atoms with Crippen molar-refractivity contribution in [2.75, 3.05) is 17.2 Å². The van der Waals surface area contributed by atoms with Crippen LogP contribution in [0.25, 0.3) is 0 Å². The second-order valence-corrected chi connectivity index (χ2v) is 4.83. The van der Waals surface area contributed by atoms with Crippen LogP contribution < -0.4 is 10.6 Å². The van der Waals surface area contributed by atoms with Gasteiger partial charge < -0.3 is 10.6 Å². The summed E-state index contributed by atoms with van der Waals surface area (Å²) < 4.78 is 24.6. The van der Waals surface area contributed by atoms with Gasteiger partial charge in [0.25, 0.3) is 5.76 Å². The first-order valence-corrected chi connectivity index (χ1v) is 6.60. The van der Waals surface area contributed by atoms with Gasteiger partial charge in [-0.25, -0.2) is 0 Å². The van der Waals surface area contributed by atoms with Crippen molar-refractivity contribution in [2.24, 2.45) is 0 Å². The third-order valence-electron chi connectivity index (χ3n) is 1.76. The molecule has 0 saturated carbocycles. The second-order valence-electron chi connectivity index (χ2n) is 3.87. The molecule has 1 rings (SSSR count). The Hall–Kier alpha value is -1.18. The molecule has 0 atom stereocenters. The number of halogens is 2. The molecule has 0 aromatic carbocycles. The standard InChI is InChI=1S/C10H17F2N5S/c1-4-5-13-8-15-9(14-6(2)3)17-10(16-8)18-7(11)12/h6-7H,4-5H2,1-3H3,(H2,13,14,15,16,17). The maximum atomic E-state index is 12.3. The first-order chi connectivity index (χ1) is 8.51. The van der Waals surface area contributed by atoms with Gasteiger partial charge in [0.2, 0.25) is 11.9 Å². The molecule has 2 N–H and O–H groups in total. The summed E-state index contributed by atoms with van der Waals surface area (Å²) >= 11 is 0.312. The number of hydrogen-bond donors (Lipinski definition) is 2. The van der Waals surface area contributed by atoms with Gasteiger partial charge in [-0.3, -0.25) is 0 Å². The first kappa shape index (κ1) is 14.9. The van der Waals surface area contributed by atoms with E-state index in [-0.39, 0.29) is 11.2 Å². The highest BCUT2D eigenvalue weighted by molar-refractivity contribution is 7.99. The molecule has 0 aliphatic rings. The third-order valence-corrected chi connectivity index (χ3v) is 2.33. The Balaban J connectivity index is 2.88. The van der Waals surface area contributed by atoms with E-state index in [0.717, 1.165) is 6.42 Å². The number of nitrogens with one attached hydrogen (secondary N) is 2. The molecule has 5 nitrogen and oxygen atoms in total. The van der Waals surface area contributed by atoms with Crippen LogP contribution in [0.1, 0.15) is 27.2 Å². The second kappa shape index (κ2) is 7.30. The summed E-state index contributed by atoms with van der Waals surface area (Å²) in [6.07, 6.45) is 0.899. The van der Waals surface area contributed by atoms with Crippen LogP contribution in [0, 0.1) is 0 Å². The molecule has 0 unspecified atom stereocenters. The highest BCUT2D eigenvalue weighted by Gasteiger charge is 2.12. The average Bonchev–Trinajstić information content (AvgIpc) is 2.24. The molecule has 0 spiro atoms. The highest BCUT2D eigenvalue weighted by Crippen LogP contribution is 2.23. The van der Waals surface area contributed by atoms with E-state index in [1.54, 1.807) is 0 Å². The van der Waals surface area contributed by atoms with Crippen molar-refractivity contribution in [3.8, 4) is 0 Å². The van der Waals surface area contributed by atoms with Crippen LogP contribution in [0.15, 0.2) is 5.16 Å². The molecule has 0 aliphatic heterocycles. The van der Waals surface area contributed by atoms with Gasteiger partial charge in [0.1, 0.15) is 0 Å². The molecular weight excluding hydrogens is 260 g/mol. The van der Waals surface area contributed by atoms with E-state index < -0.39 is 5.76 Å². The van der Waals surface area contributed by atoms with Crippen LogP contribution in [0.5, 0.6) is 0 Å². The Kier molecular flexibility index (Phi) is 6.03. The lowest BCUT2D eigenvalue weighted by molar-refractivity contribution is 0.251. The van der Waals surface area contributed by atoms with Gasteiger partial charge in [0.05, 0.1) is 0 Å². The van der Waals surface area contributed by atoms with E-state index in [4.69, 9.17) is 0 Å². The minimum Gasteiger partial charge on any atom is -0.354 e. The number of rotatable bonds is 7. The zero-order chi connectivity index (χ0) is 13.5. The summed E-state index contributed by atoms with van der Waals surface area (Å²) in [5.74, 6) is -1.92. The fraction of sp³-hybridized carbons (Fsp3) is 0.700. The SMILES string of the molecule is CCCNc1nc(NC(C)C)nc(SC(F)F)n1. The lowest BCUT2D eigenvalue weighted by atomic mass is 10.4. The molecule has 8 heteroatoms. The first-order valence-electron chi connectivity index (χ1n) is 5.72. The zero-order valence-corrected chi connectivity index (χ0v) is 11.4. The Morgan fingerprint density at radius 2 is 1.83 bits per heavy atom. The molecule has 1 aromatic heterocycles.